The van der Waals surface area contributed by atoms with Gasteiger partial charge in [-0.25, -0.2) is 0 Å². The molecule has 0 amide bonds. The van der Waals surface area contributed by atoms with Gasteiger partial charge in [0.05, 0.1) is 44.6 Å². The molecule has 8 heterocycles. The van der Waals surface area contributed by atoms with Gasteiger partial charge in [-0.15, -0.1) is 0 Å². The van der Waals surface area contributed by atoms with Gasteiger partial charge < -0.3 is 29.4 Å². The molecular formula is C55H99BrN8O10. The van der Waals surface area contributed by atoms with Gasteiger partial charge in [-0.1, -0.05) is 53.1 Å². The molecular weight excluding hydrogens is 1010 g/mol. The smallest absolute Gasteiger partial charge is 0.323 e. The molecule has 0 aromatic rings. The Bertz CT molecular complexity index is 1610. The van der Waals surface area contributed by atoms with Crippen LogP contribution in [0.4, 0.5) is 0 Å². The van der Waals surface area contributed by atoms with Crippen LogP contribution in [0.1, 0.15) is 188 Å². The average molecular weight is 1110 g/mol. The summed E-state index contributed by atoms with van der Waals surface area (Å²) >= 11 is 3.22. The highest BCUT2D eigenvalue weighted by atomic mass is 79.9. The van der Waals surface area contributed by atoms with E-state index in [1.54, 1.807) is 6.92 Å². The summed E-state index contributed by atoms with van der Waals surface area (Å²) in [5, 5.41) is 17.6. The Kier molecular flexibility index (Phi) is 35.6. The first-order chi connectivity index (χ1) is 36.0. The minimum absolute atomic E-state index is 0.0240. The number of likely N-dealkylation sites (tertiary alicyclic amines) is 1. The third kappa shape index (κ3) is 25.5. The fourth-order valence-electron chi connectivity index (χ4n) is 11.5. The number of hydrogen-bond acceptors (Lipinski definition) is 16. The highest BCUT2D eigenvalue weighted by molar-refractivity contribution is 9.09. The summed E-state index contributed by atoms with van der Waals surface area (Å²) in [6.07, 6.45) is 26.6. The van der Waals surface area contributed by atoms with Crippen molar-refractivity contribution < 1.29 is 48.0 Å². The number of carbonyl (C=O) groups excluding carboxylic acids is 5. The Morgan fingerprint density at radius 3 is 1.77 bits per heavy atom. The molecule has 0 radical (unpaired) electrons. The van der Waals surface area contributed by atoms with E-state index in [1.807, 2.05) is 20.8 Å². The third-order valence-corrected chi connectivity index (χ3v) is 15.7. The van der Waals surface area contributed by atoms with Crippen molar-refractivity contribution in [2.45, 2.75) is 231 Å². The number of hydrogen-bond donors (Lipinski definition) is 2. The fraction of sp³-hybridized carbons (Fsp3) is 0.909. The molecule has 0 aliphatic carbocycles. The van der Waals surface area contributed by atoms with Gasteiger partial charge in [0, 0.05) is 41.6 Å². The van der Waals surface area contributed by atoms with Crippen LogP contribution in [0.3, 0.4) is 0 Å². The largest absolute Gasteiger partial charge is 0.466 e. The molecule has 74 heavy (non-hydrogen) atoms. The van der Waals surface area contributed by atoms with Crippen molar-refractivity contribution in [1.29, 1.82) is 0 Å². The van der Waals surface area contributed by atoms with E-state index in [2.05, 4.69) is 55.6 Å². The van der Waals surface area contributed by atoms with E-state index in [0.29, 0.717) is 63.2 Å². The topological polar surface area (TPSA) is 216 Å². The fourth-order valence-corrected chi connectivity index (χ4v) is 11.7. The summed E-state index contributed by atoms with van der Waals surface area (Å²) in [6, 6.07) is 1.46. The first kappa shape index (κ1) is 65.4. The Morgan fingerprint density at radius 2 is 1.16 bits per heavy atom. The Morgan fingerprint density at radius 1 is 0.622 bits per heavy atom. The Balaban J connectivity index is 0.000000238. The Hall–Kier alpha value is -2.90. The van der Waals surface area contributed by atoms with Crippen LogP contribution in [0.25, 0.3) is 10.4 Å². The van der Waals surface area contributed by atoms with Gasteiger partial charge in [-0.05, 0) is 201 Å². The molecule has 18 nitrogen and oxygen atoms in total. The lowest BCUT2D eigenvalue weighted by atomic mass is 9.89. The van der Waals surface area contributed by atoms with Crippen molar-refractivity contribution in [1.82, 2.24) is 24.9 Å². The van der Waals surface area contributed by atoms with E-state index in [-0.39, 0.29) is 48.1 Å². The van der Waals surface area contributed by atoms with Crippen LogP contribution >= 0.6 is 15.9 Å². The third-order valence-electron chi connectivity index (χ3n) is 15.2. The molecule has 0 aromatic heterocycles. The first-order valence-electron chi connectivity index (χ1n) is 29.2. The number of carbonyl (C=O) groups is 5. The molecule has 8 saturated heterocycles. The van der Waals surface area contributed by atoms with Gasteiger partial charge >= 0.3 is 23.9 Å². The molecule has 19 heteroatoms. The van der Waals surface area contributed by atoms with Crippen LogP contribution in [-0.4, -0.2) is 187 Å². The minimum atomic E-state index is -0.160. The SMILES string of the molecule is CCOC(=O)C1CCCCN1.CCOC(=O)CCCBr.CCOC(=O)CCCN1CCCCC1C(=O)OCC.O=C1CCCN2CCCCC12.O[C@H]1CCCN2CCCC[C@H]12.[N-]=[N+]=NC1CCCN2CCCC[C@H]12. The van der Waals surface area contributed by atoms with Crippen LogP contribution in [0.2, 0.25) is 0 Å². The number of fused-ring (bicyclic) bond motifs is 3. The van der Waals surface area contributed by atoms with E-state index in [4.69, 9.17) is 19.7 Å². The number of Topliss-reactive ketones (excluding diaryl/α,β-unsaturated/α-hetero) is 1. The molecule has 8 aliphatic heterocycles. The maximum atomic E-state index is 11.9. The maximum absolute atomic E-state index is 11.9. The molecule has 0 aromatic carbocycles. The number of aliphatic hydroxyl groups excluding tert-OH is 1. The lowest BCUT2D eigenvalue weighted by Crippen LogP contribution is -2.50. The summed E-state index contributed by atoms with van der Waals surface area (Å²) in [6.45, 7) is 18.9. The van der Waals surface area contributed by atoms with Crippen molar-refractivity contribution in [2.24, 2.45) is 5.11 Å². The second-order valence-electron chi connectivity index (χ2n) is 20.5. The lowest BCUT2D eigenvalue weighted by Gasteiger charge is -2.42. The standard InChI is InChI=1S/C14H25NO4.C9H16N4.C9H17NO.C9H15NO.C8H15NO2.C6H11BrO2/c1-3-18-13(16)9-7-11-15-10-6-5-8-12(15)14(17)19-4-2;10-12-11-8-4-3-7-13-6-2-1-5-9(8)13;2*11-9-5-3-7-10-6-2-1-4-8(9)10;1-2-11-8(10)7-5-3-4-6-9-7;1-2-9-6(8)4-3-5-7/h12H,3-11H2,1-2H3;8-9H,1-7H2;8-9,11H,1-7H2;8H,1-7H2;7,9H,2-6H2,1H3;2-5H2,1H3/t;8?,9-;8-,9+;;;/m.11.../s1. The molecule has 8 aliphatic rings. The summed E-state index contributed by atoms with van der Waals surface area (Å²) in [7, 11) is 0. The van der Waals surface area contributed by atoms with E-state index in [9.17, 15) is 29.1 Å². The quantitative estimate of drug-likeness (QED) is 0.0416. The molecule has 4 unspecified atom stereocenters. The van der Waals surface area contributed by atoms with Crippen LogP contribution in [0.15, 0.2) is 5.11 Å². The van der Waals surface area contributed by atoms with E-state index in [0.717, 1.165) is 115 Å². The van der Waals surface area contributed by atoms with Crippen molar-refractivity contribution in [3.63, 3.8) is 0 Å². The number of ketones is 1. The van der Waals surface area contributed by atoms with Gasteiger partial charge in [0.1, 0.15) is 17.9 Å². The van der Waals surface area contributed by atoms with Crippen molar-refractivity contribution in [3.8, 4) is 0 Å². The maximum Gasteiger partial charge on any atom is 0.323 e. The number of halogens is 1. The van der Waals surface area contributed by atoms with Gasteiger partial charge in [0.15, 0.2) is 0 Å². The number of ether oxygens (including phenoxy) is 4. The van der Waals surface area contributed by atoms with E-state index >= 15 is 0 Å². The Labute approximate surface area is 453 Å². The zero-order valence-electron chi connectivity index (χ0n) is 46.2. The number of esters is 4. The average Bonchev–Trinajstić information content (AvgIpc) is 3.42. The van der Waals surface area contributed by atoms with Crippen LogP contribution in [0.5, 0.6) is 0 Å². The number of nitrogens with zero attached hydrogens (tertiary/aromatic N) is 7. The second kappa shape index (κ2) is 40.3. The van der Waals surface area contributed by atoms with Gasteiger partial charge in [0.2, 0.25) is 0 Å². The zero-order valence-corrected chi connectivity index (χ0v) is 47.8. The normalized spacial score (nSPS) is 26.9. The number of piperidine rings is 8. The number of azide groups is 1. The molecule has 7 atom stereocenters. The number of alkyl halides is 1. The minimum Gasteiger partial charge on any atom is -0.466 e. The molecule has 8 fully saturated rings. The van der Waals surface area contributed by atoms with Crippen molar-refractivity contribution >= 4 is 45.6 Å². The highest BCUT2D eigenvalue weighted by Crippen LogP contribution is 2.29. The van der Waals surface area contributed by atoms with Crippen LogP contribution in [-0.2, 0) is 42.9 Å². The van der Waals surface area contributed by atoms with Gasteiger partial charge in [-0.3, -0.25) is 43.6 Å². The summed E-state index contributed by atoms with van der Waals surface area (Å²) in [4.78, 5) is 68.6. The molecule has 426 valence electrons. The van der Waals surface area contributed by atoms with Crippen LogP contribution < -0.4 is 5.32 Å². The molecule has 8 rings (SSSR count). The van der Waals surface area contributed by atoms with Gasteiger partial charge in [0.25, 0.3) is 0 Å². The van der Waals surface area contributed by atoms with Crippen molar-refractivity contribution in [3.05, 3.63) is 10.4 Å². The number of nitrogens with one attached hydrogen (secondary N) is 1. The highest BCUT2D eigenvalue weighted by Gasteiger charge is 2.34. The second-order valence-corrected chi connectivity index (χ2v) is 21.3. The summed E-state index contributed by atoms with van der Waals surface area (Å²) in [5.74, 6) is 0.0191. The van der Waals surface area contributed by atoms with Gasteiger partial charge in [-0.2, -0.15) is 0 Å². The molecule has 0 saturated carbocycles. The predicted octanol–water partition coefficient (Wildman–Crippen LogP) is 8.68. The lowest BCUT2D eigenvalue weighted by molar-refractivity contribution is -0.151. The van der Waals surface area contributed by atoms with E-state index < -0.39 is 0 Å². The van der Waals surface area contributed by atoms with E-state index in [1.165, 1.54) is 96.8 Å². The van der Waals surface area contributed by atoms with Crippen molar-refractivity contribution in [2.75, 3.05) is 90.7 Å². The summed E-state index contributed by atoms with van der Waals surface area (Å²) < 4.78 is 19.6. The molecule has 0 spiro atoms. The first-order valence-corrected chi connectivity index (χ1v) is 30.3. The van der Waals surface area contributed by atoms with Crippen LogP contribution in [0, 0.1) is 0 Å². The number of rotatable bonds is 14. The molecule has 2 N–H and O–H groups in total. The summed E-state index contributed by atoms with van der Waals surface area (Å²) in [5.41, 5.74) is 8.45. The monoisotopic (exact) mass is 1110 g/mol. The zero-order chi connectivity index (χ0) is 53.8. The molecule has 0 bridgehead atoms. The predicted molar refractivity (Wildman–Crippen MR) is 293 cm³/mol. The number of aliphatic hydroxyl groups is 1.